The molecule has 2 heteroatoms. The number of halogens is 1. The summed E-state index contributed by atoms with van der Waals surface area (Å²) in [6.07, 6.45) is 1.94. The third-order valence-corrected chi connectivity index (χ3v) is 1.60. The third-order valence-electron chi connectivity index (χ3n) is 1.60. The van der Waals surface area contributed by atoms with E-state index >= 15 is 0 Å². The maximum Gasteiger partial charge on any atom is 0.146 e. The molecule has 0 atom stereocenters. The van der Waals surface area contributed by atoms with Gasteiger partial charge in [-0.25, -0.2) is 4.39 Å². The molecule has 0 aliphatic carbocycles. The van der Waals surface area contributed by atoms with Crippen LogP contribution < -0.4 is 5.73 Å². The van der Waals surface area contributed by atoms with E-state index < -0.39 is 0 Å². The van der Waals surface area contributed by atoms with Crippen molar-refractivity contribution in [2.45, 2.75) is 19.8 Å². The molecule has 1 aromatic carbocycles. The smallest absolute Gasteiger partial charge is 0.146 e. The van der Waals surface area contributed by atoms with Gasteiger partial charge in [-0.15, -0.1) is 0 Å². The quantitative estimate of drug-likeness (QED) is 0.648. The van der Waals surface area contributed by atoms with Gasteiger partial charge in [0.05, 0.1) is 5.69 Å². The van der Waals surface area contributed by atoms with E-state index in [1.165, 1.54) is 6.07 Å². The minimum atomic E-state index is -0.309. The summed E-state index contributed by atoms with van der Waals surface area (Å²) in [6, 6.07) is 4.97. The lowest BCUT2D eigenvalue weighted by Gasteiger charge is -2.00. The summed E-state index contributed by atoms with van der Waals surface area (Å²) in [6.45, 7) is 2.06. The molecule has 0 saturated heterocycles. The van der Waals surface area contributed by atoms with Gasteiger partial charge in [-0.3, -0.25) is 0 Å². The molecule has 0 saturated carbocycles. The second-order valence-corrected chi connectivity index (χ2v) is 2.61. The van der Waals surface area contributed by atoms with Crippen LogP contribution in [0.1, 0.15) is 18.9 Å². The zero-order valence-corrected chi connectivity index (χ0v) is 6.60. The van der Waals surface area contributed by atoms with Crippen LogP contribution >= 0.6 is 0 Å². The molecular weight excluding hydrogens is 141 g/mol. The minimum absolute atomic E-state index is 0.227. The second kappa shape index (κ2) is 3.37. The summed E-state index contributed by atoms with van der Waals surface area (Å²) in [5, 5.41) is 0. The van der Waals surface area contributed by atoms with Crippen molar-refractivity contribution in [1.82, 2.24) is 0 Å². The molecule has 1 rings (SSSR count). The molecule has 0 heterocycles. The highest BCUT2D eigenvalue weighted by molar-refractivity contribution is 5.41. The predicted molar refractivity (Wildman–Crippen MR) is 44.8 cm³/mol. The summed E-state index contributed by atoms with van der Waals surface area (Å²) in [4.78, 5) is 0. The maximum atomic E-state index is 12.8. The number of rotatable bonds is 2. The topological polar surface area (TPSA) is 26.0 Å². The number of anilines is 1. The van der Waals surface area contributed by atoms with Crippen molar-refractivity contribution in [3.8, 4) is 0 Å². The van der Waals surface area contributed by atoms with Crippen molar-refractivity contribution < 1.29 is 4.39 Å². The van der Waals surface area contributed by atoms with Crippen LogP contribution in [-0.2, 0) is 6.42 Å². The zero-order valence-electron chi connectivity index (χ0n) is 6.60. The minimum Gasteiger partial charge on any atom is -0.396 e. The highest BCUT2D eigenvalue weighted by Gasteiger charge is 1.97. The molecule has 0 radical (unpaired) electrons. The first-order valence-corrected chi connectivity index (χ1v) is 3.78. The Balaban J connectivity index is 2.86. The monoisotopic (exact) mass is 153 g/mol. The molecule has 0 bridgehead atoms. The van der Waals surface area contributed by atoms with Gasteiger partial charge in [0.15, 0.2) is 0 Å². The van der Waals surface area contributed by atoms with E-state index in [2.05, 4.69) is 6.92 Å². The fourth-order valence-electron chi connectivity index (χ4n) is 1.01. The average molecular weight is 153 g/mol. The van der Waals surface area contributed by atoms with Gasteiger partial charge in [0.25, 0.3) is 0 Å². The molecule has 0 aliphatic heterocycles. The zero-order chi connectivity index (χ0) is 8.27. The Morgan fingerprint density at radius 1 is 1.45 bits per heavy atom. The van der Waals surface area contributed by atoms with Crippen LogP contribution in [0.25, 0.3) is 0 Å². The van der Waals surface area contributed by atoms with Crippen LogP contribution in [0.2, 0.25) is 0 Å². The standard InChI is InChI=1S/C9H12FN/c1-2-3-7-4-5-9(11)8(10)6-7/h4-6H,2-3,11H2,1H3. The number of nitrogens with two attached hydrogens (primary N) is 1. The predicted octanol–water partition coefficient (Wildman–Crippen LogP) is 2.36. The lowest BCUT2D eigenvalue weighted by molar-refractivity contribution is 0.629. The summed E-state index contributed by atoms with van der Waals surface area (Å²) in [5.41, 5.74) is 6.55. The normalized spacial score (nSPS) is 10.0. The van der Waals surface area contributed by atoms with E-state index in [-0.39, 0.29) is 11.5 Å². The summed E-state index contributed by atoms with van der Waals surface area (Å²) >= 11 is 0. The lowest BCUT2D eigenvalue weighted by Crippen LogP contribution is -1.92. The van der Waals surface area contributed by atoms with Crippen molar-refractivity contribution in [2.24, 2.45) is 0 Å². The number of benzene rings is 1. The Labute approximate surface area is 66.0 Å². The summed E-state index contributed by atoms with van der Waals surface area (Å²) in [7, 11) is 0. The Morgan fingerprint density at radius 3 is 2.73 bits per heavy atom. The molecule has 0 amide bonds. The average Bonchev–Trinajstić information content (AvgIpc) is 1.98. The van der Waals surface area contributed by atoms with Crippen molar-refractivity contribution in [3.63, 3.8) is 0 Å². The second-order valence-electron chi connectivity index (χ2n) is 2.61. The maximum absolute atomic E-state index is 12.8. The highest BCUT2D eigenvalue weighted by Crippen LogP contribution is 2.12. The van der Waals surface area contributed by atoms with Crippen LogP contribution in [0.4, 0.5) is 10.1 Å². The van der Waals surface area contributed by atoms with Gasteiger partial charge < -0.3 is 5.73 Å². The first-order valence-electron chi connectivity index (χ1n) is 3.78. The molecule has 0 aliphatic rings. The molecular formula is C9H12FN. The number of hydrogen-bond acceptors (Lipinski definition) is 1. The molecule has 0 spiro atoms. The van der Waals surface area contributed by atoms with E-state index in [0.29, 0.717) is 0 Å². The molecule has 60 valence electrons. The van der Waals surface area contributed by atoms with Gasteiger partial charge in [0.2, 0.25) is 0 Å². The van der Waals surface area contributed by atoms with Gasteiger partial charge in [-0.2, -0.15) is 0 Å². The molecule has 2 N–H and O–H groups in total. The van der Waals surface area contributed by atoms with Crippen LogP contribution in [0.3, 0.4) is 0 Å². The third kappa shape index (κ3) is 1.93. The van der Waals surface area contributed by atoms with Crippen LogP contribution in [-0.4, -0.2) is 0 Å². The van der Waals surface area contributed by atoms with Crippen LogP contribution in [0, 0.1) is 5.82 Å². The van der Waals surface area contributed by atoms with Gasteiger partial charge in [-0.1, -0.05) is 19.4 Å². The lowest BCUT2D eigenvalue weighted by atomic mass is 10.1. The Kier molecular flexibility index (Phi) is 2.47. The van der Waals surface area contributed by atoms with Crippen molar-refractivity contribution in [1.29, 1.82) is 0 Å². The number of hydrogen-bond donors (Lipinski definition) is 1. The Bertz CT molecular complexity index is 245. The van der Waals surface area contributed by atoms with Gasteiger partial charge in [-0.05, 0) is 24.1 Å². The highest BCUT2D eigenvalue weighted by atomic mass is 19.1. The Hall–Kier alpha value is -1.05. The summed E-state index contributed by atoms with van der Waals surface area (Å²) < 4.78 is 12.8. The van der Waals surface area contributed by atoms with E-state index in [1.807, 2.05) is 6.07 Å². The fraction of sp³-hybridized carbons (Fsp3) is 0.333. The molecule has 0 fully saturated rings. The Morgan fingerprint density at radius 2 is 2.18 bits per heavy atom. The van der Waals surface area contributed by atoms with Crippen molar-refractivity contribution in [2.75, 3.05) is 5.73 Å². The molecule has 11 heavy (non-hydrogen) atoms. The first kappa shape index (κ1) is 8.05. The van der Waals surface area contributed by atoms with E-state index in [0.717, 1.165) is 18.4 Å². The van der Waals surface area contributed by atoms with E-state index in [4.69, 9.17) is 5.73 Å². The van der Waals surface area contributed by atoms with Crippen molar-refractivity contribution in [3.05, 3.63) is 29.6 Å². The van der Waals surface area contributed by atoms with Gasteiger partial charge in [0.1, 0.15) is 5.82 Å². The number of aryl methyl sites for hydroxylation is 1. The largest absolute Gasteiger partial charge is 0.396 e. The molecule has 1 nitrogen and oxygen atoms in total. The first-order chi connectivity index (χ1) is 5.24. The van der Waals surface area contributed by atoms with E-state index in [9.17, 15) is 4.39 Å². The molecule has 0 aromatic heterocycles. The van der Waals surface area contributed by atoms with Gasteiger partial charge in [0, 0.05) is 0 Å². The SMILES string of the molecule is CCCc1ccc(N)c(F)c1. The molecule has 1 aromatic rings. The van der Waals surface area contributed by atoms with Crippen LogP contribution in [0.15, 0.2) is 18.2 Å². The van der Waals surface area contributed by atoms with Crippen LogP contribution in [0.5, 0.6) is 0 Å². The van der Waals surface area contributed by atoms with E-state index in [1.54, 1.807) is 6.07 Å². The number of nitrogen functional groups attached to an aromatic ring is 1. The summed E-state index contributed by atoms with van der Waals surface area (Å²) in [5.74, 6) is -0.309. The van der Waals surface area contributed by atoms with Crippen molar-refractivity contribution >= 4 is 5.69 Å². The fourth-order valence-corrected chi connectivity index (χ4v) is 1.01. The van der Waals surface area contributed by atoms with Gasteiger partial charge >= 0.3 is 0 Å². The molecule has 0 unspecified atom stereocenters.